The van der Waals surface area contributed by atoms with E-state index in [-0.39, 0.29) is 29.2 Å². The lowest BCUT2D eigenvalue weighted by molar-refractivity contribution is -0.384. The van der Waals surface area contributed by atoms with Gasteiger partial charge in [0.2, 0.25) is 0 Å². The van der Waals surface area contributed by atoms with Gasteiger partial charge < -0.3 is 9.84 Å². The predicted molar refractivity (Wildman–Crippen MR) is 145 cm³/mol. The minimum atomic E-state index is -1.04. The normalized spacial score (nSPS) is 11.1. The van der Waals surface area contributed by atoms with Crippen molar-refractivity contribution in [2.75, 3.05) is 0 Å². The van der Waals surface area contributed by atoms with Gasteiger partial charge in [0.1, 0.15) is 12.4 Å². The van der Waals surface area contributed by atoms with E-state index in [0.29, 0.717) is 27.9 Å². The minimum absolute atomic E-state index is 0.0747. The number of aromatic carboxylic acids is 1. The Hall–Kier alpha value is -5.64. The molecule has 0 amide bonds. The van der Waals surface area contributed by atoms with Crippen LogP contribution in [0.1, 0.15) is 21.5 Å². The van der Waals surface area contributed by atoms with Gasteiger partial charge in [-0.15, -0.1) is 0 Å². The molecule has 5 rings (SSSR count). The Bertz CT molecular complexity index is 1780. The van der Waals surface area contributed by atoms with Crippen molar-refractivity contribution in [3.05, 3.63) is 134 Å². The number of nitro benzene ring substituents is 1. The van der Waals surface area contributed by atoms with Crippen LogP contribution >= 0.6 is 0 Å². The lowest BCUT2D eigenvalue weighted by Crippen LogP contribution is -2.20. The number of ether oxygens (including phenoxy) is 1. The molecule has 0 radical (unpaired) electrons. The first-order chi connectivity index (χ1) is 18.9. The molecule has 4 aromatic carbocycles. The molecular weight excluding hydrogens is 500 g/mol. The number of benzene rings is 4. The highest BCUT2D eigenvalue weighted by Gasteiger charge is 2.14. The summed E-state index contributed by atoms with van der Waals surface area (Å²) in [6.45, 7) is 0.0747. The number of nitro groups is 1. The van der Waals surface area contributed by atoms with Crippen molar-refractivity contribution in [1.29, 1.82) is 0 Å². The van der Waals surface area contributed by atoms with E-state index >= 15 is 0 Å². The Morgan fingerprint density at radius 2 is 1.72 bits per heavy atom. The Labute approximate surface area is 221 Å². The Kier molecular flexibility index (Phi) is 6.91. The van der Waals surface area contributed by atoms with E-state index in [1.807, 2.05) is 18.2 Å². The number of carbonyl (C=O) groups is 1. The van der Waals surface area contributed by atoms with Gasteiger partial charge in [-0.3, -0.25) is 14.9 Å². The molecule has 0 aliphatic carbocycles. The van der Waals surface area contributed by atoms with E-state index in [9.17, 15) is 19.7 Å². The van der Waals surface area contributed by atoms with Gasteiger partial charge >= 0.3 is 5.97 Å². The van der Waals surface area contributed by atoms with Crippen LogP contribution in [0.5, 0.6) is 5.75 Å². The summed E-state index contributed by atoms with van der Waals surface area (Å²) >= 11 is 0. The number of hydrogen-bond acceptors (Lipinski definition) is 7. The third kappa shape index (κ3) is 5.39. The van der Waals surface area contributed by atoms with E-state index in [4.69, 9.17) is 9.84 Å². The zero-order valence-corrected chi connectivity index (χ0v) is 20.3. The van der Waals surface area contributed by atoms with Crippen LogP contribution in [-0.2, 0) is 6.61 Å². The van der Waals surface area contributed by atoms with Crippen molar-refractivity contribution in [2.24, 2.45) is 5.10 Å². The topological polar surface area (TPSA) is 137 Å². The molecule has 1 heterocycles. The fourth-order valence-electron chi connectivity index (χ4n) is 3.91. The molecule has 0 saturated heterocycles. The van der Waals surface area contributed by atoms with E-state index < -0.39 is 16.5 Å². The maximum atomic E-state index is 13.4. The number of para-hydroxylation sites is 1. The average molecular weight is 521 g/mol. The summed E-state index contributed by atoms with van der Waals surface area (Å²) in [6, 6.07) is 26.2. The van der Waals surface area contributed by atoms with Crippen molar-refractivity contribution in [3.8, 4) is 17.1 Å². The first kappa shape index (κ1) is 25.0. The maximum Gasteiger partial charge on any atom is 0.335 e. The third-order valence-electron chi connectivity index (χ3n) is 5.90. The molecule has 192 valence electrons. The number of hydrogen-bond donors (Lipinski definition) is 1. The molecule has 0 saturated carbocycles. The van der Waals surface area contributed by atoms with E-state index in [2.05, 4.69) is 10.1 Å². The highest BCUT2D eigenvalue weighted by Crippen LogP contribution is 2.25. The second-order valence-electron chi connectivity index (χ2n) is 8.45. The number of carboxylic acid groups (broad SMARTS) is 1. The van der Waals surface area contributed by atoms with Gasteiger partial charge in [-0.25, -0.2) is 9.78 Å². The molecule has 0 aliphatic rings. The largest absolute Gasteiger partial charge is 0.488 e. The summed E-state index contributed by atoms with van der Waals surface area (Å²) in [4.78, 5) is 40.1. The Balaban J connectivity index is 1.55. The second-order valence-corrected chi connectivity index (χ2v) is 8.45. The van der Waals surface area contributed by atoms with Crippen molar-refractivity contribution < 1.29 is 19.6 Å². The van der Waals surface area contributed by atoms with Crippen molar-refractivity contribution in [2.45, 2.75) is 6.61 Å². The van der Waals surface area contributed by atoms with E-state index in [1.54, 1.807) is 48.5 Å². The molecule has 0 spiro atoms. The SMILES string of the molecule is O=C(O)c1ccc(COc2ccc([N+](=O)[O-])cc2C=Nn2c(-c3ccccc3)nc3ccccc3c2=O)cc1. The molecule has 10 nitrogen and oxygen atoms in total. The quantitative estimate of drug-likeness (QED) is 0.170. The number of carboxylic acids is 1. The number of nitrogens with zero attached hydrogens (tertiary/aromatic N) is 4. The monoisotopic (exact) mass is 520 g/mol. The molecule has 0 aliphatic heterocycles. The van der Waals surface area contributed by atoms with Crippen LogP contribution in [0.25, 0.3) is 22.3 Å². The molecule has 0 bridgehead atoms. The van der Waals surface area contributed by atoms with Crippen LogP contribution in [0.4, 0.5) is 5.69 Å². The summed E-state index contributed by atoms with van der Waals surface area (Å²) in [5, 5.41) is 25.3. The average Bonchev–Trinajstić information content (AvgIpc) is 2.96. The molecule has 1 aromatic heterocycles. The Morgan fingerprint density at radius 1 is 1.00 bits per heavy atom. The highest BCUT2D eigenvalue weighted by atomic mass is 16.6. The van der Waals surface area contributed by atoms with Crippen molar-refractivity contribution >= 4 is 28.8 Å². The van der Waals surface area contributed by atoms with Crippen LogP contribution in [0, 0.1) is 10.1 Å². The maximum absolute atomic E-state index is 13.4. The first-order valence-electron chi connectivity index (χ1n) is 11.8. The molecule has 39 heavy (non-hydrogen) atoms. The van der Waals surface area contributed by atoms with Crippen LogP contribution < -0.4 is 10.3 Å². The number of fused-ring (bicyclic) bond motifs is 1. The lowest BCUT2D eigenvalue weighted by atomic mass is 10.1. The van der Waals surface area contributed by atoms with Gasteiger partial charge in [0.15, 0.2) is 5.82 Å². The van der Waals surface area contributed by atoms with Gasteiger partial charge in [0, 0.05) is 23.3 Å². The highest BCUT2D eigenvalue weighted by molar-refractivity contribution is 5.87. The fourth-order valence-corrected chi connectivity index (χ4v) is 3.91. The van der Waals surface area contributed by atoms with Crippen LogP contribution in [0.15, 0.2) is 107 Å². The summed E-state index contributed by atoms with van der Waals surface area (Å²) in [6.07, 6.45) is 1.32. The third-order valence-corrected chi connectivity index (χ3v) is 5.90. The van der Waals surface area contributed by atoms with Crippen LogP contribution in [0.2, 0.25) is 0 Å². The van der Waals surface area contributed by atoms with Crippen molar-refractivity contribution in [1.82, 2.24) is 9.66 Å². The summed E-state index contributed by atoms with van der Waals surface area (Å²) < 4.78 is 7.06. The molecule has 10 heteroatoms. The zero-order chi connectivity index (χ0) is 27.4. The summed E-state index contributed by atoms with van der Waals surface area (Å²) in [5.41, 5.74) is 1.71. The van der Waals surface area contributed by atoms with Crippen LogP contribution in [0.3, 0.4) is 0 Å². The zero-order valence-electron chi connectivity index (χ0n) is 20.3. The van der Waals surface area contributed by atoms with E-state index in [1.165, 1.54) is 36.5 Å². The number of rotatable bonds is 8. The summed E-state index contributed by atoms with van der Waals surface area (Å²) in [7, 11) is 0. The fraction of sp³-hybridized carbons (Fsp3) is 0.0345. The second kappa shape index (κ2) is 10.8. The van der Waals surface area contributed by atoms with Gasteiger partial charge in [-0.1, -0.05) is 54.6 Å². The van der Waals surface area contributed by atoms with Gasteiger partial charge in [0.05, 0.1) is 27.6 Å². The lowest BCUT2D eigenvalue weighted by Gasteiger charge is -2.11. The minimum Gasteiger partial charge on any atom is -0.488 e. The van der Waals surface area contributed by atoms with Crippen LogP contribution in [-0.4, -0.2) is 31.9 Å². The van der Waals surface area contributed by atoms with Gasteiger partial charge in [-0.05, 0) is 35.9 Å². The molecular formula is C29H20N4O6. The van der Waals surface area contributed by atoms with Crippen molar-refractivity contribution in [3.63, 3.8) is 0 Å². The standard InChI is InChI=1S/C29H20N4O6/c34-28-24-8-4-5-9-25(24)31-27(20-6-2-1-3-7-20)32(28)30-17-22-16-23(33(37)38)14-15-26(22)39-18-19-10-12-21(13-11-19)29(35)36/h1-17H,18H2,(H,35,36). The van der Waals surface area contributed by atoms with Gasteiger partial charge in [0.25, 0.3) is 11.2 Å². The van der Waals surface area contributed by atoms with Gasteiger partial charge in [-0.2, -0.15) is 9.78 Å². The molecule has 0 atom stereocenters. The predicted octanol–water partition coefficient (Wildman–Crippen LogP) is 5.13. The molecule has 1 N–H and O–H groups in total. The molecule has 0 fully saturated rings. The molecule has 0 unspecified atom stereocenters. The number of non-ortho nitro benzene ring substituents is 1. The smallest absolute Gasteiger partial charge is 0.335 e. The Morgan fingerprint density at radius 3 is 2.44 bits per heavy atom. The molecule has 5 aromatic rings. The summed E-state index contributed by atoms with van der Waals surface area (Å²) in [5.74, 6) is -0.443. The number of aromatic nitrogens is 2. The van der Waals surface area contributed by atoms with E-state index in [0.717, 1.165) is 4.68 Å². The first-order valence-corrected chi connectivity index (χ1v) is 11.8.